The van der Waals surface area contributed by atoms with Gasteiger partial charge in [-0.05, 0) is 26.8 Å². The summed E-state index contributed by atoms with van der Waals surface area (Å²) in [5.41, 5.74) is -0.250. The summed E-state index contributed by atoms with van der Waals surface area (Å²) in [5.74, 6) is 0. The van der Waals surface area contributed by atoms with Crippen molar-refractivity contribution in [2.45, 2.75) is 63.6 Å². The molecule has 0 saturated carbocycles. The molecule has 120 valence electrons. The fourth-order valence-electron chi connectivity index (χ4n) is 2.56. The minimum atomic E-state index is -0.450. The van der Waals surface area contributed by atoms with Crippen LogP contribution in [0.2, 0.25) is 0 Å². The van der Waals surface area contributed by atoms with Crippen LogP contribution in [-0.2, 0) is 18.9 Å². The van der Waals surface area contributed by atoms with Crippen LogP contribution >= 0.6 is 0 Å². The van der Waals surface area contributed by atoms with Crippen molar-refractivity contribution >= 4 is 6.09 Å². The molecule has 1 aliphatic heterocycles. The van der Waals surface area contributed by atoms with Crippen molar-refractivity contribution < 1.29 is 23.7 Å². The molecule has 0 radical (unpaired) electrons. The van der Waals surface area contributed by atoms with Crippen molar-refractivity contribution in [3.05, 3.63) is 12.2 Å². The van der Waals surface area contributed by atoms with Gasteiger partial charge >= 0.3 is 6.09 Å². The molecule has 1 N–H and O–H groups in total. The number of rotatable bonds is 2. The highest BCUT2D eigenvalue weighted by Crippen LogP contribution is 2.28. The second kappa shape index (κ2) is 6.77. The van der Waals surface area contributed by atoms with E-state index < -0.39 is 6.09 Å². The van der Waals surface area contributed by atoms with Crippen LogP contribution in [0.25, 0.3) is 0 Å². The molecule has 1 saturated heterocycles. The number of hydrogen-bond acceptors (Lipinski definition) is 5. The monoisotopic (exact) mass is 299 g/mol. The van der Waals surface area contributed by atoms with Crippen molar-refractivity contribution in [3.63, 3.8) is 0 Å². The van der Waals surface area contributed by atoms with Crippen LogP contribution in [0.3, 0.4) is 0 Å². The summed E-state index contributed by atoms with van der Waals surface area (Å²) in [4.78, 5) is 11.4. The van der Waals surface area contributed by atoms with Crippen LogP contribution in [0.15, 0.2) is 12.2 Å². The van der Waals surface area contributed by atoms with Gasteiger partial charge in [-0.25, -0.2) is 4.79 Å². The molecule has 6 heteroatoms. The first-order chi connectivity index (χ1) is 9.87. The number of amides is 1. The van der Waals surface area contributed by atoms with Crippen LogP contribution in [0.4, 0.5) is 4.79 Å². The smallest absolute Gasteiger partial charge is 0.407 e. The molecule has 0 bridgehead atoms. The zero-order valence-corrected chi connectivity index (χ0v) is 13.1. The van der Waals surface area contributed by atoms with Gasteiger partial charge in [0.05, 0.1) is 23.9 Å². The minimum Gasteiger partial charge on any atom is -0.442 e. The lowest BCUT2D eigenvalue weighted by Gasteiger charge is -2.31. The molecule has 1 heterocycles. The first-order valence-corrected chi connectivity index (χ1v) is 7.35. The lowest BCUT2D eigenvalue weighted by atomic mass is 9.96. The van der Waals surface area contributed by atoms with Crippen LogP contribution in [0, 0.1) is 0 Å². The summed E-state index contributed by atoms with van der Waals surface area (Å²) in [6, 6.07) is 0. The quantitative estimate of drug-likeness (QED) is 0.790. The van der Waals surface area contributed by atoms with Gasteiger partial charge in [-0.15, -0.1) is 0 Å². The molecule has 0 spiro atoms. The average molecular weight is 299 g/mol. The summed E-state index contributed by atoms with van der Waals surface area (Å²) in [6.07, 6.45) is 4.19. The highest BCUT2D eigenvalue weighted by molar-refractivity contribution is 5.67. The van der Waals surface area contributed by atoms with Gasteiger partial charge in [0.25, 0.3) is 0 Å². The van der Waals surface area contributed by atoms with Crippen LogP contribution in [-0.4, -0.2) is 50.0 Å². The van der Waals surface area contributed by atoms with Crippen LogP contribution in [0.5, 0.6) is 0 Å². The minimum absolute atomic E-state index is 0.0295. The molecule has 0 aromatic heterocycles. The van der Waals surface area contributed by atoms with E-state index in [2.05, 4.69) is 5.32 Å². The van der Waals surface area contributed by atoms with Crippen molar-refractivity contribution in [3.8, 4) is 0 Å². The first kappa shape index (κ1) is 16.3. The van der Waals surface area contributed by atoms with Crippen LogP contribution < -0.4 is 5.32 Å². The van der Waals surface area contributed by atoms with E-state index >= 15 is 0 Å². The first-order valence-electron chi connectivity index (χ1n) is 7.35. The largest absolute Gasteiger partial charge is 0.442 e. The van der Waals surface area contributed by atoms with Crippen molar-refractivity contribution in [2.24, 2.45) is 0 Å². The molecule has 21 heavy (non-hydrogen) atoms. The summed E-state index contributed by atoms with van der Waals surface area (Å²) < 4.78 is 22.6. The Bertz CT molecular complexity index is 390. The molecule has 1 fully saturated rings. The Balaban J connectivity index is 2.09. The van der Waals surface area contributed by atoms with Crippen molar-refractivity contribution in [2.75, 3.05) is 13.8 Å². The van der Waals surface area contributed by atoms with Gasteiger partial charge < -0.3 is 24.3 Å². The van der Waals surface area contributed by atoms with Gasteiger partial charge in [-0.3, -0.25) is 0 Å². The fourth-order valence-corrected chi connectivity index (χ4v) is 2.56. The van der Waals surface area contributed by atoms with E-state index in [9.17, 15) is 4.79 Å². The number of carbonyl (C=O) groups excluding carboxylic acids is 1. The van der Waals surface area contributed by atoms with Gasteiger partial charge in [0, 0.05) is 19.9 Å². The summed E-state index contributed by atoms with van der Waals surface area (Å²) in [7, 11) is 1.54. The molecule has 6 nitrogen and oxygen atoms in total. The number of ether oxygens (including phenoxy) is 4. The number of nitrogens with one attached hydrogen (secondary N) is 1. The molecule has 0 aromatic rings. The van der Waals surface area contributed by atoms with E-state index in [0.717, 1.165) is 6.42 Å². The molecular formula is C15H25NO5. The Morgan fingerprint density at radius 1 is 1.14 bits per heavy atom. The molecular weight excluding hydrogens is 274 g/mol. The normalized spacial score (nSPS) is 34.5. The predicted molar refractivity (Wildman–Crippen MR) is 76.9 cm³/mol. The zero-order valence-electron chi connectivity index (χ0n) is 13.1. The lowest BCUT2D eigenvalue weighted by Crippen LogP contribution is -2.37. The highest BCUT2D eigenvalue weighted by Gasteiger charge is 2.36. The number of alkyl carbamates (subject to hydrolysis) is 1. The Hall–Kier alpha value is -1.11. The molecule has 0 aromatic carbocycles. The van der Waals surface area contributed by atoms with Gasteiger partial charge in [-0.2, -0.15) is 0 Å². The summed E-state index contributed by atoms with van der Waals surface area (Å²) in [5, 5.41) is 2.46. The molecule has 1 amide bonds. The topological polar surface area (TPSA) is 66.0 Å². The molecule has 4 unspecified atom stereocenters. The van der Waals surface area contributed by atoms with Gasteiger partial charge in [0.2, 0.25) is 0 Å². The zero-order chi connectivity index (χ0) is 15.5. The number of fused-ring (bicyclic) bond motifs is 1. The molecule has 4 atom stereocenters. The maximum absolute atomic E-state index is 11.4. The standard InChI is InChI=1S/C15H25NO5/c1-15(2,3)21-11-6-5-10(20-14(17)16-4)7-12-13(8-11)19-9-18-12/h5-6,10-13H,7-9H2,1-4H3,(H,16,17)/b6-5+. The van der Waals surface area contributed by atoms with Gasteiger partial charge in [0.1, 0.15) is 12.9 Å². The number of carbonyl (C=O) groups is 1. The average Bonchev–Trinajstić information content (AvgIpc) is 2.78. The van der Waals surface area contributed by atoms with Gasteiger partial charge in [0.15, 0.2) is 0 Å². The number of hydrogen-bond donors (Lipinski definition) is 1. The second-order valence-electron chi connectivity index (χ2n) is 6.35. The Labute approximate surface area is 125 Å². The summed E-state index contributed by atoms with van der Waals surface area (Å²) in [6.45, 7) is 6.33. The van der Waals surface area contributed by atoms with Crippen molar-refractivity contribution in [1.29, 1.82) is 0 Å². The van der Waals surface area contributed by atoms with Crippen LogP contribution in [0.1, 0.15) is 33.6 Å². The van der Waals surface area contributed by atoms with E-state index in [1.54, 1.807) is 7.05 Å². The third kappa shape index (κ3) is 4.98. The van der Waals surface area contributed by atoms with E-state index in [4.69, 9.17) is 18.9 Å². The highest BCUT2D eigenvalue weighted by atomic mass is 16.7. The fraction of sp³-hybridized carbons (Fsp3) is 0.800. The predicted octanol–water partition coefficient (Wildman–Crippen LogP) is 1.99. The Morgan fingerprint density at radius 2 is 1.71 bits per heavy atom. The lowest BCUT2D eigenvalue weighted by molar-refractivity contribution is -0.0615. The Morgan fingerprint density at radius 3 is 2.29 bits per heavy atom. The SMILES string of the molecule is CNC(=O)OC1/C=C/C(OC(C)(C)C)CC2OCOC2C1. The van der Waals surface area contributed by atoms with E-state index in [1.807, 2.05) is 32.9 Å². The third-order valence-electron chi connectivity index (χ3n) is 3.42. The maximum Gasteiger partial charge on any atom is 0.407 e. The van der Waals surface area contributed by atoms with E-state index in [-0.39, 0.29) is 36.8 Å². The van der Waals surface area contributed by atoms with Crippen molar-refractivity contribution in [1.82, 2.24) is 5.32 Å². The molecule has 2 rings (SSSR count). The van der Waals surface area contributed by atoms with E-state index in [1.165, 1.54) is 0 Å². The maximum atomic E-state index is 11.4. The Kier molecular flexibility index (Phi) is 5.24. The third-order valence-corrected chi connectivity index (χ3v) is 3.42. The summed E-state index contributed by atoms with van der Waals surface area (Å²) >= 11 is 0. The molecule has 2 aliphatic rings. The molecule has 1 aliphatic carbocycles. The van der Waals surface area contributed by atoms with E-state index in [0.29, 0.717) is 6.42 Å². The second-order valence-corrected chi connectivity index (χ2v) is 6.35. The van der Waals surface area contributed by atoms with Gasteiger partial charge in [-0.1, -0.05) is 6.08 Å².